The second-order valence-corrected chi connectivity index (χ2v) is 7.55. The highest BCUT2D eigenvalue weighted by Gasteiger charge is 2.17. The number of nitriles is 1. The number of fused-ring (bicyclic) bond motifs is 1. The average molecular weight is 405 g/mol. The smallest absolute Gasteiger partial charge is 0.227 e. The molecule has 2 amide bonds. The van der Waals surface area contributed by atoms with E-state index in [1.165, 1.54) is 11.3 Å². The molecular weight excluding hydrogens is 376 g/mol. The number of hydrogen-bond acceptors (Lipinski definition) is 4. The Morgan fingerprint density at radius 3 is 2.73 bits per heavy atom. The Morgan fingerprint density at radius 1 is 1.17 bits per heavy atom. The van der Waals surface area contributed by atoms with Gasteiger partial charge >= 0.3 is 0 Å². The molecule has 0 saturated carbocycles. The van der Waals surface area contributed by atoms with Crippen molar-refractivity contribution in [2.75, 3.05) is 29.9 Å². The second kappa shape index (κ2) is 10.4. The fourth-order valence-electron chi connectivity index (χ4n) is 3.76. The van der Waals surface area contributed by atoms with Crippen LogP contribution >= 0.6 is 0 Å². The van der Waals surface area contributed by atoms with Gasteiger partial charge < -0.3 is 15.1 Å². The SMILES string of the molecule is CN1CCCc2cc(CNC(=O)CCC(=O)N(CCC#N)c3ccccc3)ccc21. The topological polar surface area (TPSA) is 76.4 Å². The van der Waals surface area contributed by atoms with Crippen LogP contribution in [0.3, 0.4) is 0 Å². The number of anilines is 2. The summed E-state index contributed by atoms with van der Waals surface area (Å²) in [5.41, 5.74) is 4.41. The van der Waals surface area contributed by atoms with Crippen molar-refractivity contribution < 1.29 is 9.59 Å². The maximum Gasteiger partial charge on any atom is 0.227 e. The largest absolute Gasteiger partial charge is 0.374 e. The van der Waals surface area contributed by atoms with Crippen LogP contribution in [0, 0.1) is 11.3 Å². The van der Waals surface area contributed by atoms with Gasteiger partial charge in [-0.1, -0.05) is 30.3 Å². The third kappa shape index (κ3) is 5.60. The molecule has 2 aromatic carbocycles. The van der Waals surface area contributed by atoms with Crippen LogP contribution in [-0.2, 0) is 22.6 Å². The molecule has 6 heteroatoms. The highest BCUT2D eigenvalue weighted by Crippen LogP contribution is 2.26. The molecule has 2 aromatic rings. The average Bonchev–Trinajstić information content (AvgIpc) is 2.77. The van der Waals surface area contributed by atoms with Crippen molar-refractivity contribution in [2.45, 2.75) is 38.6 Å². The summed E-state index contributed by atoms with van der Waals surface area (Å²) < 4.78 is 0. The van der Waals surface area contributed by atoms with E-state index in [1.54, 1.807) is 4.90 Å². The van der Waals surface area contributed by atoms with Gasteiger partial charge in [-0.15, -0.1) is 0 Å². The second-order valence-electron chi connectivity index (χ2n) is 7.55. The van der Waals surface area contributed by atoms with Crippen LogP contribution in [0.5, 0.6) is 0 Å². The van der Waals surface area contributed by atoms with Gasteiger partial charge in [-0.05, 0) is 42.2 Å². The predicted octanol–water partition coefficient (Wildman–Crippen LogP) is 3.41. The van der Waals surface area contributed by atoms with Crippen LogP contribution in [0.1, 0.15) is 36.8 Å². The first-order valence-electron chi connectivity index (χ1n) is 10.4. The normalized spacial score (nSPS) is 12.6. The van der Waals surface area contributed by atoms with Crippen molar-refractivity contribution in [1.82, 2.24) is 5.32 Å². The lowest BCUT2D eigenvalue weighted by molar-refractivity contribution is -0.125. The highest BCUT2D eigenvalue weighted by molar-refractivity contribution is 5.95. The Kier molecular flexibility index (Phi) is 7.45. The van der Waals surface area contributed by atoms with Crippen molar-refractivity contribution in [3.05, 3.63) is 59.7 Å². The van der Waals surface area contributed by atoms with Crippen molar-refractivity contribution in [3.8, 4) is 6.07 Å². The number of amides is 2. The summed E-state index contributed by atoms with van der Waals surface area (Å²) in [7, 11) is 2.10. The van der Waals surface area contributed by atoms with Gasteiger partial charge in [-0.3, -0.25) is 9.59 Å². The number of rotatable bonds is 8. The number of carbonyl (C=O) groups is 2. The van der Waals surface area contributed by atoms with Crippen molar-refractivity contribution in [1.29, 1.82) is 5.26 Å². The van der Waals surface area contributed by atoms with Gasteiger partial charge in [0.15, 0.2) is 0 Å². The van der Waals surface area contributed by atoms with Crippen molar-refractivity contribution >= 4 is 23.2 Å². The van der Waals surface area contributed by atoms with Gasteiger partial charge in [0.2, 0.25) is 11.8 Å². The molecule has 1 N–H and O–H groups in total. The summed E-state index contributed by atoms with van der Waals surface area (Å²) in [5.74, 6) is -0.296. The van der Waals surface area contributed by atoms with Crippen LogP contribution in [0.25, 0.3) is 0 Å². The minimum Gasteiger partial charge on any atom is -0.374 e. The summed E-state index contributed by atoms with van der Waals surface area (Å²) in [4.78, 5) is 28.8. The van der Waals surface area contributed by atoms with E-state index < -0.39 is 0 Å². The van der Waals surface area contributed by atoms with E-state index in [9.17, 15) is 9.59 Å². The number of aryl methyl sites for hydroxylation is 1. The molecule has 0 atom stereocenters. The monoisotopic (exact) mass is 404 g/mol. The van der Waals surface area contributed by atoms with E-state index in [4.69, 9.17) is 5.26 Å². The van der Waals surface area contributed by atoms with Gasteiger partial charge in [0, 0.05) is 50.9 Å². The van der Waals surface area contributed by atoms with Crippen LogP contribution in [0.4, 0.5) is 11.4 Å². The molecule has 1 heterocycles. The number of carbonyl (C=O) groups excluding carboxylic acids is 2. The number of hydrogen-bond donors (Lipinski definition) is 1. The predicted molar refractivity (Wildman–Crippen MR) is 118 cm³/mol. The minimum absolute atomic E-state index is 0.112. The number of nitrogens with zero attached hydrogens (tertiary/aromatic N) is 3. The summed E-state index contributed by atoms with van der Waals surface area (Å²) in [6, 6.07) is 17.7. The van der Waals surface area contributed by atoms with Gasteiger partial charge in [0.05, 0.1) is 12.5 Å². The first kappa shape index (κ1) is 21.4. The minimum atomic E-state index is -0.150. The summed E-state index contributed by atoms with van der Waals surface area (Å²) in [6.07, 6.45) is 2.70. The Labute approximate surface area is 178 Å². The number of benzene rings is 2. The van der Waals surface area contributed by atoms with E-state index in [0.29, 0.717) is 13.1 Å². The zero-order valence-electron chi connectivity index (χ0n) is 17.4. The van der Waals surface area contributed by atoms with E-state index in [0.717, 1.165) is 30.6 Å². The fraction of sp³-hybridized carbons (Fsp3) is 0.375. The third-order valence-electron chi connectivity index (χ3n) is 5.37. The highest BCUT2D eigenvalue weighted by atomic mass is 16.2. The van der Waals surface area contributed by atoms with Gasteiger partial charge in [-0.25, -0.2) is 0 Å². The molecule has 156 valence electrons. The summed E-state index contributed by atoms with van der Waals surface area (Å²) in [6.45, 7) is 1.86. The fourth-order valence-corrected chi connectivity index (χ4v) is 3.76. The Bertz CT molecular complexity index is 921. The lowest BCUT2D eigenvalue weighted by Gasteiger charge is -2.27. The van der Waals surface area contributed by atoms with Crippen molar-refractivity contribution in [2.24, 2.45) is 0 Å². The van der Waals surface area contributed by atoms with Gasteiger partial charge in [0.25, 0.3) is 0 Å². The molecule has 3 rings (SSSR count). The molecule has 1 aliphatic rings. The van der Waals surface area contributed by atoms with Crippen LogP contribution in [-0.4, -0.2) is 32.0 Å². The molecule has 0 fully saturated rings. The molecule has 6 nitrogen and oxygen atoms in total. The number of nitrogens with one attached hydrogen (secondary N) is 1. The molecular formula is C24H28N4O2. The quantitative estimate of drug-likeness (QED) is 0.731. The maximum absolute atomic E-state index is 12.7. The van der Waals surface area contributed by atoms with Crippen LogP contribution in [0.15, 0.2) is 48.5 Å². The molecule has 0 saturated heterocycles. The first-order valence-corrected chi connectivity index (χ1v) is 10.4. The Morgan fingerprint density at radius 2 is 1.97 bits per heavy atom. The van der Waals surface area contributed by atoms with E-state index >= 15 is 0 Å². The molecule has 1 aliphatic heterocycles. The van der Waals surface area contributed by atoms with Crippen molar-refractivity contribution in [3.63, 3.8) is 0 Å². The van der Waals surface area contributed by atoms with E-state index in [-0.39, 0.29) is 31.1 Å². The van der Waals surface area contributed by atoms with Gasteiger partial charge in [-0.2, -0.15) is 5.26 Å². The van der Waals surface area contributed by atoms with E-state index in [1.807, 2.05) is 36.4 Å². The number of para-hydroxylation sites is 1. The standard InChI is InChI=1S/C24H28N4O2/c1-27-15-5-7-20-17-19(10-11-22(20)27)18-26-23(29)12-13-24(30)28(16-6-14-25)21-8-3-2-4-9-21/h2-4,8-11,17H,5-7,12-13,15-16,18H2,1H3,(H,26,29). The van der Waals surface area contributed by atoms with Gasteiger partial charge in [0.1, 0.15) is 0 Å². The summed E-state index contributed by atoms with van der Waals surface area (Å²) in [5, 5.41) is 11.8. The lowest BCUT2D eigenvalue weighted by atomic mass is 9.99. The first-order chi connectivity index (χ1) is 14.6. The zero-order valence-corrected chi connectivity index (χ0v) is 17.4. The van der Waals surface area contributed by atoms with E-state index in [2.05, 4.69) is 35.5 Å². The molecule has 0 radical (unpaired) electrons. The molecule has 0 unspecified atom stereocenters. The Hall–Kier alpha value is -3.33. The molecule has 0 aromatic heterocycles. The molecule has 30 heavy (non-hydrogen) atoms. The summed E-state index contributed by atoms with van der Waals surface area (Å²) >= 11 is 0. The van der Waals surface area contributed by atoms with Crippen LogP contribution in [0.2, 0.25) is 0 Å². The third-order valence-corrected chi connectivity index (χ3v) is 5.37. The molecule has 0 aliphatic carbocycles. The van der Waals surface area contributed by atoms with Crippen LogP contribution < -0.4 is 15.1 Å². The molecule has 0 bridgehead atoms. The zero-order chi connectivity index (χ0) is 21.3. The Balaban J connectivity index is 1.51. The maximum atomic E-state index is 12.7. The molecule has 0 spiro atoms. The lowest BCUT2D eigenvalue weighted by Crippen LogP contribution is -2.33.